The van der Waals surface area contributed by atoms with Crippen LogP contribution in [0.2, 0.25) is 0 Å². The predicted molar refractivity (Wildman–Crippen MR) is 71.5 cm³/mol. The molecule has 0 aromatic carbocycles. The summed E-state index contributed by atoms with van der Waals surface area (Å²) in [7, 11) is 1.77. The van der Waals surface area contributed by atoms with E-state index >= 15 is 0 Å². The van der Waals surface area contributed by atoms with Gasteiger partial charge >= 0.3 is 0 Å². The minimum atomic E-state index is -0.490. The quantitative estimate of drug-likeness (QED) is 0.898. The lowest BCUT2D eigenvalue weighted by Crippen LogP contribution is -2.36. The zero-order valence-corrected chi connectivity index (χ0v) is 11.5. The van der Waals surface area contributed by atoms with Crippen molar-refractivity contribution in [3.05, 3.63) is 29.8 Å². The minimum absolute atomic E-state index is 0.167. The Morgan fingerprint density at radius 1 is 1.30 bits per heavy atom. The number of rotatable bonds is 2. The first-order valence-electron chi connectivity index (χ1n) is 7.10. The van der Waals surface area contributed by atoms with Crippen LogP contribution in [-0.4, -0.2) is 40.1 Å². The van der Waals surface area contributed by atoms with Crippen molar-refractivity contribution in [2.24, 2.45) is 11.8 Å². The second-order valence-corrected chi connectivity index (χ2v) is 6.08. The number of hydrogen-bond donors (Lipinski definition) is 1. The van der Waals surface area contributed by atoms with Crippen LogP contribution < -0.4 is 0 Å². The highest BCUT2D eigenvalue weighted by Gasteiger charge is 2.43. The van der Waals surface area contributed by atoms with Gasteiger partial charge in [0, 0.05) is 19.3 Å². The second kappa shape index (κ2) is 5.13. The van der Waals surface area contributed by atoms with E-state index in [2.05, 4.69) is 4.98 Å². The molecular weight excluding hydrogens is 259 g/mol. The normalized spacial score (nSPS) is 32.1. The summed E-state index contributed by atoms with van der Waals surface area (Å²) in [6.45, 7) is 0. The Bertz CT molecular complexity index is 508. The highest BCUT2D eigenvalue weighted by Crippen LogP contribution is 2.45. The third-order valence-electron chi connectivity index (χ3n) is 4.79. The van der Waals surface area contributed by atoms with E-state index in [9.17, 15) is 14.3 Å². The molecule has 108 valence electrons. The van der Waals surface area contributed by atoms with Gasteiger partial charge in [0.2, 0.25) is 0 Å². The molecule has 0 bridgehead atoms. The summed E-state index contributed by atoms with van der Waals surface area (Å²) in [5.41, 5.74) is 0.296. The van der Waals surface area contributed by atoms with Crippen LogP contribution in [0.25, 0.3) is 0 Å². The molecule has 1 aromatic rings. The minimum Gasteiger partial charge on any atom is -0.393 e. The summed E-state index contributed by atoms with van der Waals surface area (Å²) < 4.78 is 13.1. The van der Waals surface area contributed by atoms with E-state index in [-0.39, 0.29) is 18.1 Å². The Labute approximate surface area is 117 Å². The Kier molecular flexibility index (Phi) is 3.46. The van der Waals surface area contributed by atoms with Crippen molar-refractivity contribution in [2.75, 3.05) is 7.05 Å². The first-order valence-corrected chi connectivity index (χ1v) is 7.10. The maximum absolute atomic E-state index is 13.1. The van der Waals surface area contributed by atoms with Crippen molar-refractivity contribution >= 4 is 5.91 Å². The summed E-state index contributed by atoms with van der Waals surface area (Å²) in [6, 6.07) is 1.42. The molecule has 1 amide bonds. The monoisotopic (exact) mass is 278 g/mol. The summed E-state index contributed by atoms with van der Waals surface area (Å²) in [5.74, 6) is 0.380. The van der Waals surface area contributed by atoms with Crippen molar-refractivity contribution in [1.82, 2.24) is 9.88 Å². The van der Waals surface area contributed by atoms with Crippen LogP contribution in [0.5, 0.6) is 0 Å². The van der Waals surface area contributed by atoms with E-state index < -0.39 is 5.82 Å². The Morgan fingerprint density at radius 2 is 1.95 bits per heavy atom. The van der Waals surface area contributed by atoms with Gasteiger partial charge in [0.15, 0.2) is 0 Å². The van der Waals surface area contributed by atoms with Crippen LogP contribution in [0.3, 0.4) is 0 Å². The average molecular weight is 278 g/mol. The SMILES string of the molecule is CN(C(=O)c1cncc(F)c1)C1C[C@H]2CC(O)C[C@H]2C1. The number of aromatic nitrogens is 1. The van der Waals surface area contributed by atoms with Crippen molar-refractivity contribution < 1.29 is 14.3 Å². The van der Waals surface area contributed by atoms with E-state index in [1.807, 2.05) is 0 Å². The highest BCUT2D eigenvalue weighted by atomic mass is 19.1. The molecule has 20 heavy (non-hydrogen) atoms. The molecule has 0 saturated heterocycles. The van der Waals surface area contributed by atoms with Gasteiger partial charge < -0.3 is 10.0 Å². The van der Waals surface area contributed by atoms with Gasteiger partial charge in [-0.05, 0) is 43.6 Å². The summed E-state index contributed by atoms with van der Waals surface area (Å²) in [4.78, 5) is 17.8. The van der Waals surface area contributed by atoms with E-state index in [0.717, 1.165) is 31.9 Å². The molecule has 2 unspecified atom stereocenters. The van der Waals surface area contributed by atoms with Gasteiger partial charge in [-0.15, -0.1) is 0 Å². The molecule has 1 aromatic heterocycles. The zero-order chi connectivity index (χ0) is 14.3. The number of carbonyl (C=O) groups is 1. The first-order chi connectivity index (χ1) is 9.54. The lowest BCUT2D eigenvalue weighted by molar-refractivity contribution is 0.0721. The summed E-state index contributed by atoms with van der Waals surface area (Å²) in [6.07, 6.45) is 5.91. The third-order valence-corrected chi connectivity index (χ3v) is 4.79. The summed E-state index contributed by atoms with van der Waals surface area (Å²) >= 11 is 0. The summed E-state index contributed by atoms with van der Waals surface area (Å²) in [5, 5.41) is 9.65. The van der Waals surface area contributed by atoms with Gasteiger partial charge in [-0.3, -0.25) is 9.78 Å². The smallest absolute Gasteiger partial charge is 0.255 e. The second-order valence-electron chi connectivity index (χ2n) is 6.08. The highest BCUT2D eigenvalue weighted by molar-refractivity contribution is 5.93. The Balaban J connectivity index is 1.68. The maximum atomic E-state index is 13.1. The third kappa shape index (κ3) is 2.42. The molecule has 4 nitrogen and oxygen atoms in total. The largest absolute Gasteiger partial charge is 0.393 e. The van der Waals surface area contributed by atoms with Crippen LogP contribution >= 0.6 is 0 Å². The number of nitrogens with zero attached hydrogens (tertiary/aromatic N) is 2. The molecule has 4 atom stereocenters. The lowest BCUT2D eigenvalue weighted by atomic mass is 10.0. The van der Waals surface area contributed by atoms with Crippen LogP contribution in [0.4, 0.5) is 4.39 Å². The fourth-order valence-electron chi connectivity index (χ4n) is 3.77. The molecule has 0 aliphatic heterocycles. The van der Waals surface area contributed by atoms with Gasteiger partial charge in [0.25, 0.3) is 5.91 Å². The van der Waals surface area contributed by atoms with Crippen molar-refractivity contribution in [1.29, 1.82) is 0 Å². The standard InChI is InChI=1S/C15H19FN2O2/c1-18(15(20)11-2-12(16)8-17-7-11)13-3-9-5-14(19)6-10(9)4-13/h2,7-10,13-14,19H,3-6H2,1H3/t9-,10+,13?,14?. The van der Waals surface area contributed by atoms with Gasteiger partial charge in [0.05, 0.1) is 17.9 Å². The molecule has 2 aliphatic carbocycles. The molecule has 5 heteroatoms. The predicted octanol–water partition coefficient (Wildman–Crippen LogP) is 1.84. The van der Waals surface area contributed by atoms with Crippen LogP contribution in [0.1, 0.15) is 36.0 Å². The number of carbonyl (C=O) groups excluding carboxylic acids is 1. The fourth-order valence-corrected chi connectivity index (χ4v) is 3.77. The number of aliphatic hydroxyl groups excluding tert-OH is 1. The molecule has 1 heterocycles. The van der Waals surface area contributed by atoms with E-state index in [4.69, 9.17) is 0 Å². The molecule has 0 spiro atoms. The Hall–Kier alpha value is -1.49. The molecule has 2 aliphatic rings. The molecule has 1 N–H and O–H groups in total. The average Bonchev–Trinajstić information content (AvgIpc) is 2.94. The molecule has 2 fully saturated rings. The number of hydrogen-bond acceptors (Lipinski definition) is 3. The van der Waals surface area contributed by atoms with Crippen molar-refractivity contribution in [2.45, 2.75) is 37.8 Å². The van der Waals surface area contributed by atoms with Crippen LogP contribution in [-0.2, 0) is 0 Å². The van der Waals surface area contributed by atoms with Crippen LogP contribution in [0, 0.1) is 17.7 Å². The number of aliphatic hydroxyl groups is 1. The van der Waals surface area contributed by atoms with E-state index in [1.54, 1.807) is 11.9 Å². The van der Waals surface area contributed by atoms with Crippen molar-refractivity contribution in [3.63, 3.8) is 0 Å². The van der Waals surface area contributed by atoms with Crippen LogP contribution in [0.15, 0.2) is 18.5 Å². The maximum Gasteiger partial charge on any atom is 0.255 e. The molecule has 3 rings (SSSR count). The number of amides is 1. The van der Waals surface area contributed by atoms with Gasteiger partial charge in [0.1, 0.15) is 5.82 Å². The fraction of sp³-hybridized carbons (Fsp3) is 0.600. The Morgan fingerprint density at radius 3 is 2.55 bits per heavy atom. The van der Waals surface area contributed by atoms with E-state index in [1.165, 1.54) is 12.3 Å². The number of fused-ring (bicyclic) bond motifs is 1. The first kappa shape index (κ1) is 13.5. The number of pyridine rings is 1. The molecule has 2 saturated carbocycles. The molecular formula is C15H19FN2O2. The zero-order valence-electron chi connectivity index (χ0n) is 11.5. The van der Waals surface area contributed by atoms with E-state index in [0.29, 0.717) is 17.4 Å². The van der Waals surface area contributed by atoms with Gasteiger partial charge in [-0.1, -0.05) is 0 Å². The topological polar surface area (TPSA) is 53.4 Å². The van der Waals surface area contributed by atoms with Gasteiger partial charge in [-0.25, -0.2) is 4.39 Å². The van der Waals surface area contributed by atoms with Gasteiger partial charge in [-0.2, -0.15) is 0 Å². The molecule has 0 radical (unpaired) electrons. The number of halogens is 1. The van der Waals surface area contributed by atoms with Crippen molar-refractivity contribution in [3.8, 4) is 0 Å². The lowest BCUT2D eigenvalue weighted by Gasteiger charge is -2.25.